The molecule has 0 amide bonds. The first-order valence-electron chi connectivity index (χ1n) is 5.90. The van der Waals surface area contributed by atoms with Gasteiger partial charge in [-0.05, 0) is 18.1 Å². The van der Waals surface area contributed by atoms with E-state index >= 15 is 0 Å². The van der Waals surface area contributed by atoms with Crippen LogP contribution in [0.3, 0.4) is 0 Å². The fourth-order valence-electron chi connectivity index (χ4n) is 2.01. The number of ether oxygens (including phenoxy) is 1. The molecule has 2 rings (SSSR count). The lowest BCUT2D eigenvalue weighted by Crippen LogP contribution is -2.13. The summed E-state index contributed by atoms with van der Waals surface area (Å²) in [5.41, 5.74) is 0.678. The molecular weight excluding hydrogens is 261 g/mol. The third-order valence-electron chi connectivity index (χ3n) is 3.07. The van der Waals surface area contributed by atoms with Crippen LogP contribution in [0.15, 0.2) is 24.3 Å². The minimum Gasteiger partial charge on any atom is -0.493 e. The normalized spacial score (nSPS) is 22.1. The molecule has 1 aliphatic carbocycles. The SMILES string of the molecule is O=C(O)[C@@H]1C[C@H]1c1ccccc1OCCC(F)(F)F. The van der Waals surface area contributed by atoms with Gasteiger partial charge in [-0.3, -0.25) is 4.79 Å². The zero-order valence-electron chi connectivity index (χ0n) is 9.98. The number of carboxylic acid groups (broad SMARTS) is 1. The maximum Gasteiger partial charge on any atom is 0.392 e. The van der Waals surface area contributed by atoms with Crippen molar-refractivity contribution in [3.05, 3.63) is 29.8 Å². The van der Waals surface area contributed by atoms with Crippen LogP contribution in [-0.4, -0.2) is 23.9 Å². The molecule has 0 aromatic heterocycles. The second kappa shape index (κ2) is 5.11. The van der Waals surface area contributed by atoms with Gasteiger partial charge in [0.05, 0.1) is 18.9 Å². The van der Waals surface area contributed by atoms with Crippen LogP contribution >= 0.6 is 0 Å². The average molecular weight is 274 g/mol. The number of para-hydroxylation sites is 1. The minimum absolute atomic E-state index is 0.153. The maximum atomic E-state index is 12.0. The van der Waals surface area contributed by atoms with Crippen LogP contribution in [0.2, 0.25) is 0 Å². The van der Waals surface area contributed by atoms with Crippen molar-refractivity contribution in [2.24, 2.45) is 5.92 Å². The average Bonchev–Trinajstić information content (AvgIpc) is 3.08. The second-order valence-electron chi connectivity index (χ2n) is 4.54. The summed E-state index contributed by atoms with van der Waals surface area (Å²) in [5.74, 6) is -1.14. The molecule has 2 atom stereocenters. The van der Waals surface area contributed by atoms with Gasteiger partial charge in [-0.15, -0.1) is 0 Å². The monoisotopic (exact) mass is 274 g/mol. The molecule has 19 heavy (non-hydrogen) atoms. The van der Waals surface area contributed by atoms with Crippen molar-refractivity contribution >= 4 is 5.97 Å². The first kappa shape index (κ1) is 13.7. The van der Waals surface area contributed by atoms with E-state index < -0.39 is 31.1 Å². The summed E-state index contributed by atoms with van der Waals surface area (Å²) in [6.45, 7) is -0.453. The quantitative estimate of drug-likeness (QED) is 0.896. The van der Waals surface area contributed by atoms with E-state index in [4.69, 9.17) is 9.84 Å². The van der Waals surface area contributed by atoms with E-state index in [0.717, 1.165) is 0 Å². The van der Waals surface area contributed by atoms with Crippen LogP contribution in [0.25, 0.3) is 0 Å². The van der Waals surface area contributed by atoms with Gasteiger partial charge in [0.15, 0.2) is 0 Å². The number of benzene rings is 1. The predicted molar refractivity (Wildman–Crippen MR) is 61.1 cm³/mol. The molecule has 1 aromatic carbocycles. The first-order chi connectivity index (χ1) is 8.88. The third kappa shape index (κ3) is 3.62. The number of hydrogen-bond donors (Lipinski definition) is 1. The molecule has 0 heterocycles. The molecule has 0 radical (unpaired) electrons. The molecule has 1 aromatic rings. The number of aliphatic carboxylic acids is 1. The predicted octanol–water partition coefficient (Wildman–Crippen LogP) is 3.21. The minimum atomic E-state index is -4.25. The Morgan fingerprint density at radius 3 is 2.63 bits per heavy atom. The number of rotatable bonds is 5. The lowest BCUT2D eigenvalue weighted by Gasteiger charge is -2.12. The maximum absolute atomic E-state index is 12.0. The zero-order valence-corrected chi connectivity index (χ0v) is 9.98. The Balaban J connectivity index is 2.00. The van der Waals surface area contributed by atoms with E-state index in [-0.39, 0.29) is 5.92 Å². The van der Waals surface area contributed by atoms with E-state index in [2.05, 4.69) is 0 Å². The highest BCUT2D eigenvalue weighted by Crippen LogP contribution is 2.50. The van der Waals surface area contributed by atoms with Gasteiger partial charge in [0.2, 0.25) is 0 Å². The van der Waals surface area contributed by atoms with Crippen LogP contribution in [0, 0.1) is 5.92 Å². The number of carbonyl (C=O) groups is 1. The Morgan fingerprint density at radius 2 is 2.05 bits per heavy atom. The lowest BCUT2D eigenvalue weighted by molar-refractivity contribution is -0.140. The molecule has 104 valence electrons. The third-order valence-corrected chi connectivity index (χ3v) is 3.07. The molecule has 3 nitrogen and oxygen atoms in total. The fourth-order valence-corrected chi connectivity index (χ4v) is 2.01. The molecule has 1 N–H and O–H groups in total. The fraction of sp³-hybridized carbons (Fsp3) is 0.462. The van der Waals surface area contributed by atoms with Crippen LogP contribution in [0.4, 0.5) is 13.2 Å². The van der Waals surface area contributed by atoms with Gasteiger partial charge in [0.25, 0.3) is 0 Å². The molecule has 0 bridgehead atoms. The zero-order chi connectivity index (χ0) is 14.0. The van der Waals surface area contributed by atoms with Crippen LogP contribution in [0.5, 0.6) is 5.75 Å². The van der Waals surface area contributed by atoms with Crippen molar-refractivity contribution in [3.63, 3.8) is 0 Å². The molecule has 0 aliphatic heterocycles. The van der Waals surface area contributed by atoms with E-state index in [1.807, 2.05) is 0 Å². The number of alkyl halides is 3. The Kier molecular flexibility index (Phi) is 3.68. The smallest absolute Gasteiger partial charge is 0.392 e. The molecule has 0 saturated heterocycles. The van der Waals surface area contributed by atoms with E-state index in [9.17, 15) is 18.0 Å². The lowest BCUT2D eigenvalue weighted by atomic mass is 10.1. The summed E-state index contributed by atoms with van der Waals surface area (Å²) in [7, 11) is 0. The Labute approximate surface area is 108 Å². The summed E-state index contributed by atoms with van der Waals surface area (Å²) in [5, 5.41) is 8.87. The standard InChI is InChI=1S/C13H13F3O3/c14-13(15,16)5-6-19-11-4-2-1-3-8(11)9-7-10(9)12(17)18/h1-4,9-10H,5-7H2,(H,17,18)/t9-,10+/m0/s1. The highest BCUT2D eigenvalue weighted by molar-refractivity contribution is 5.75. The van der Waals surface area contributed by atoms with Crippen molar-refractivity contribution in [1.29, 1.82) is 0 Å². The molecule has 1 fully saturated rings. The van der Waals surface area contributed by atoms with Gasteiger partial charge >= 0.3 is 12.1 Å². The van der Waals surface area contributed by atoms with E-state index in [0.29, 0.717) is 17.7 Å². The highest BCUT2D eigenvalue weighted by Gasteiger charge is 2.45. The first-order valence-corrected chi connectivity index (χ1v) is 5.90. The van der Waals surface area contributed by atoms with Gasteiger partial charge in [-0.1, -0.05) is 18.2 Å². The molecule has 1 aliphatic rings. The van der Waals surface area contributed by atoms with Crippen LogP contribution in [-0.2, 0) is 4.79 Å². The number of hydrogen-bond acceptors (Lipinski definition) is 2. The Morgan fingerprint density at radius 1 is 1.37 bits per heavy atom. The summed E-state index contributed by atoms with van der Waals surface area (Å²) in [4.78, 5) is 10.8. The van der Waals surface area contributed by atoms with Crippen molar-refractivity contribution in [1.82, 2.24) is 0 Å². The van der Waals surface area contributed by atoms with Crippen LogP contribution in [0.1, 0.15) is 24.3 Å². The van der Waals surface area contributed by atoms with Gasteiger partial charge in [-0.25, -0.2) is 0 Å². The largest absolute Gasteiger partial charge is 0.493 e. The van der Waals surface area contributed by atoms with Gasteiger partial charge < -0.3 is 9.84 Å². The van der Waals surface area contributed by atoms with Gasteiger partial charge in [0.1, 0.15) is 5.75 Å². The van der Waals surface area contributed by atoms with Crippen molar-refractivity contribution in [2.45, 2.75) is 24.9 Å². The summed E-state index contributed by atoms with van der Waals surface area (Å²) in [6.07, 6.45) is -4.76. The van der Waals surface area contributed by atoms with E-state index in [1.165, 1.54) is 0 Å². The van der Waals surface area contributed by atoms with Gasteiger partial charge in [-0.2, -0.15) is 13.2 Å². The topological polar surface area (TPSA) is 46.5 Å². The highest BCUT2D eigenvalue weighted by atomic mass is 19.4. The van der Waals surface area contributed by atoms with Crippen LogP contribution < -0.4 is 4.74 Å². The van der Waals surface area contributed by atoms with Crippen molar-refractivity contribution in [2.75, 3.05) is 6.61 Å². The Bertz CT molecular complexity index is 470. The summed E-state index contributed by atoms with van der Waals surface area (Å²) < 4.78 is 41.2. The number of halogens is 3. The Hall–Kier alpha value is -1.72. The summed E-state index contributed by atoms with van der Waals surface area (Å²) in [6, 6.07) is 6.66. The molecule has 0 unspecified atom stereocenters. The van der Waals surface area contributed by atoms with Crippen molar-refractivity contribution < 1.29 is 27.8 Å². The van der Waals surface area contributed by atoms with E-state index in [1.54, 1.807) is 24.3 Å². The molecule has 0 spiro atoms. The molecular formula is C13H13F3O3. The molecule has 6 heteroatoms. The number of carboxylic acids is 1. The summed E-state index contributed by atoms with van der Waals surface area (Å²) >= 11 is 0. The van der Waals surface area contributed by atoms with Crippen molar-refractivity contribution in [3.8, 4) is 5.75 Å². The van der Waals surface area contributed by atoms with Gasteiger partial charge in [0, 0.05) is 5.92 Å². The second-order valence-corrected chi connectivity index (χ2v) is 4.54. The molecule has 1 saturated carbocycles.